The highest BCUT2D eigenvalue weighted by Crippen LogP contribution is 2.28. The number of halogens is 3. The molecular weight excluding hydrogens is 391 g/mol. The van der Waals surface area contributed by atoms with Crippen LogP contribution in [0.2, 0.25) is 0 Å². The maximum absolute atomic E-state index is 12.9. The average Bonchev–Trinajstić information content (AvgIpc) is 3.18. The Morgan fingerprint density at radius 2 is 2.07 bits per heavy atom. The third kappa shape index (κ3) is 3.72. The number of hydrogen-bond acceptors (Lipinski definition) is 5. The summed E-state index contributed by atoms with van der Waals surface area (Å²) in [6.07, 6.45) is -4.13. The second-order valence-corrected chi connectivity index (χ2v) is 8.05. The number of sulfonamides is 1. The molecule has 0 bridgehead atoms. The van der Waals surface area contributed by atoms with E-state index in [0.717, 1.165) is 10.4 Å². The first kappa shape index (κ1) is 19.4. The predicted octanol–water partition coefficient (Wildman–Crippen LogP) is 0.963. The number of fused-ring (bicyclic) bond motifs is 1. The van der Waals surface area contributed by atoms with E-state index in [1.54, 1.807) is 5.32 Å². The molecule has 27 heavy (non-hydrogen) atoms. The average molecular weight is 407 g/mol. The number of nitrogens with one attached hydrogen (secondary N) is 1. The summed E-state index contributed by atoms with van der Waals surface area (Å²) >= 11 is 0. The van der Waals surface area contributed by atoms with Gasteiger partial charge in [-0.25, -0.2) is 13.2 Å². The lowest BCUT2D eigenvalue weighted by atomic mass is 10.2. The van der Waals surface area contributed by atoms with Crippen molar-refractivity contribution in [2.45, 2.75) is 30.0 Å². The van der Waals surface area contributed by atoms with E-state index in [0.29, 0.717) is 11.9 Å². The number of aromatic nitrogens is 1. The van der Waals surface area contributed by atoms with Crippen LogP contribution in [0.5, 0.6) is 0 Å². The molecule has 0 spiro atoms. The third-order valence-electron chi connectivity index (χ3n) is 4.34. The molecule has 1 aliphatic rings. The van der Waals surface area contributed by atoms with Crippen LogP contribution < -0.4 is 11.1 Å². The van der Waals surface area contributed by atoms with Crippen molar-refractivity contribution in [2.75, 3.05) is 13.1 Å². The summed E-state index contributed by atoms with van der Waals surface area (Å²) in [5.74, 6) is -1.66. The summed E-state index contributed by atoms with van der Waals surface area (Å²) in [5, 5.41) is 1.73. The van der Waals surface area contributed by atoms with Gasteiger partial charge in [0.1, 0.15) is 12.6 Å². The lowest BCUT2D eigenvalue weighted by Gasteiger charge is -2.23. The lowest BCUT2D eigenvalue weighted by Crippen LogP contribution is -2.47. The van der Waals surface area contributed by atoms with E-state index in [1.165, 1.54) is 23.7 Å². The van der Waals surface area contributed by atoms with Gasteiger partial charge in [-0.2, -0.15) is 17.5 Å². The maximum Gasteiger partial charge on any atom is 0.419 e. The third-order valence-corrected chi connectivity index (χ3v) is 6.24. The van der Waals surface area contributed by atoms with Crippen LogP contribution in [-0.2, 0) is 21.9 Å². The second kappa shape index (κ2) is 6.68. The van der Waals surface area contributed by atoms with Crippen LogP contribution >= 0.6 is 0 Å². The largest absolute Gasteiger partial charge is 0.419 e. The van der Waals surface area contributed by atoms with Crippen molar-refractivity contribution in [3.05, 3.63) is 28.7 Å². The topological polar surface area (TPSA) is 102 Å². The van der Waals surface area contributed by atoms with Crippen molar-refractivity contribution in [1.82, 2.24) is 14.2 Å². The summed E-state index contributed by atoms with van der Waals surface area (Å²) in [4.78, 5) is 23.4. The van der Waals surface area contributed by atoms with Crippen molar-refractivity contribution < 1.29 is 30.8 Å². The van der Waals surface area contributed by atoms with Crippen molar-refractivity contribution in [3.8, 4) is 0 Å². The zero-order valence-corrected chi connectivity index (χ0v) is 14.9. The smallest absolute Gasteiger partial charge is 0.408 e. The van der Waals surface area contributed by atoms with Gasteiger partial charge in [0.2, 0.25) is 15.9 Å². The number of amides is 1. The molecule has 0 radical (unpaired) electrons. The number of oxazole rings is 1. The zero-order chi connectivity index (χ0) is 20.0. The number of benzene rings is 1. The molecule has 2 heterocycles. The molecule has 3 rings (SSSR count). The fourth-order valence-electron chi connectivity index (χ4n) is 3.01. The first-order valence-corrected chi connectivity index (χ1v) is 9.40. The van der Waals surface area contributed by atoms with Crippen LogP contribution in [0.15, 0.2) is 32.3 Å². The molecule has 1 fully saturated rings. The van der Waals surface area contributed by atoms with Gasteiger partial charge in [-0.05, 0) is 25.0 Å². The Kier molecular flexibility index (Phi) is 4.80. The normalized spacial score (nSPS) is 18.9. The van der Waals surface area contributed by atoms with Crippen LogP contribution in [0.1, 0.15) is 12.8 Å². The van der Waals surface area contributed by atoms with E-state index in [9.17, 15) is 31.2 Å². The first-order valence-electron chi connectivity index (χ1n) is 7.96. The molecule has 0 saturated carbocycles. The molecule has 1 amide bonds. The molecule has 1 aromatic heterocycles. The number of aryl methyl sites for hydroxylation is 1. The molecular formula is C15H16F3N3O5S. The van der Waals surface area contributed by atoms with E-state index >= 15 is 0 Å². The fourth-order valence-corrected chi connectivity index (χ4v) is 4.68. The van der Waals surface area contributed by atoms with Gasteiger partial charge in [-0.1, -0.05) is 0 Å². The van der Waals surface area contributed by atoms with Gasteiger partial charge in [0.25, 0.3) is 0 Å². The molecule has 148 valence electrons. The lowest BCUT2D eigenvalue weighted by molar-refractivity contribution is -0.140. The van der Waals surface area contributed by atoms with Gasteiger partial charge in [0.05, 0.1) is 10.4 Å². The molecule has 8 nitrogen and oxygen atoms in total. The summed E-state index contributed by atoms with van der Waals surface area (Å²) in [6.45, 7) is -1.53. The van der Waals surface area contributed by atoms with E-state index in [1.807, 2.05) is 0 Å². The number of rotatable bonds is 4. The van der Waals surface area contributed by atoms with Crippen LogP contribution in [0.4, 0.5) is 13.2 Å². The molecule has 1 aliphatic heterocycles. The minimum atomic E-state index is -4.59. The second-order valence-electron chi connectivity index (χ2n) is 6.16. The number of carbonyl (C=O) groups is 1. The molecule has 2 aromatic rings. The summed E-state index contributed by atoms with van der Waals surface area (Å²) in [7, 11) is -2.70. The molecule has 12 heteroatoms. The molecule has 1 unspecified atom stereocenters. The van der Waals surface area contributed by atoms with Crippen molar-refractivity contribution in [2.24, 2.45) is 7.05 Å². The van der Waals surface area contributed by atoms with Gasteiger partial charge < -0.3 is 9.73 Å². The Balaban J connectivity index is 1.89. The number of alkyl halides is 3. The van der Waals surface area contributed by atoms with Gasteiger partial charge in [-0.3, -0.25) is 9.36 Å². The molecule has 1 saturated heterocycles. The van der Waals surface area contributed by atoms with Crippen LogP contribution in [0.25, 0.3) is 11.1 Å². The number of nitrogens with zero attached hydrogens (tertiary/aromatic N) is 2. The minimum absolute atomic E-state index is 0.00319. The van der Waals surface area contributed by atoms with Crippen molar-refractivity contribution in [3.63, 3.8) is 0 Å². The van der Waals surface area contributed by atoms with E-state index in [-0.39, 0.29) is 23.4 Å². The first-order chi connectivity index (χ1) is 12.5. The van der Waals surface area contributed by atoms with Gasteiger partial charge in [0.15, 0.2) is 5.58 Å². The summed E-state index contributed by atoms with van der Waals surface area (Å²) in [5.41, 5.74) is 0.445. The Bertz CT molecular complexity index is 1040. The minimum Gasteiger partial charge on any atom is -0.408 e. The molecule has 0 aliphatic carbocycles. The van der Waals surface area contributed by atoms with Gasteiger partial charge in [-0.15, -0.1) is 0 Å². The van der Waals surface area contributed by atoms with Crippen LogP contribution in [0.3, 0.4) is 0 Å². The van der Waals surface area contributed by atoms with Crippen molar-refractivity contribution in [1.29, 1.82) is 0 Å². The molecule has 1 atom stereocenters. The van der Waals surface area contributed by atoms with Crippen LogP contribution in [0, 0.1) is 0 Å². The SMILES string of the molecule is Cn1c(=O)oc2cc(S(=O)(=O)N3CCCC3C(=O)NCC(F)(F)F)ccc21. The predicted molar refractivity (Wildman–Crippen MR) is 87.4 cm³/mol. The highest BCUT2D eigenvalue weighted by Gasteiger charge is 2.40. The Morgan fingerprint density at radius 3 is 2.74 bits per heavy atom. The highest BCUT2D eigenvalue weighted by atomic mass is 32.2. The van der Waals surface area contributed by atoms with E-state index < -0.39 is 40.4 Å². The Hall–Kier alpha value is -2.34. The summed E-state index contributed by atoms with van der Waals surface area (Å²) < 4.78 is 69.7. The Morgan fingerprint density at radius 1 is 1.37 bits per heavy atom. The highest BCUT2D eigenvalue weighted by molar-refractivity contribution is 7.89. The molecule has 1 N–H and O–H groups in total. The van der Waals surface area contributed by atoms with Crippen LogP contribution in [-0.4, -0.2) is 48.5 Å². The van der Waals surface area contributed by atoms with Gasteiger partial charge in [0, 0.05) is 19.7 Å². The Labute approximate surface area is 151 Å². The monoisotopic (exact) mass is 407 g/mol. The standard InChI is InChI=1S/C15H16F3N3O5S/c1-20-10-5-4-9(7-12(10)26-14(20)23)27(24,25)21-6-2-3-11(21)13(22)19-8-15(16,17)18/h4-5,7,11H,2-3,6,8H2,1H3,(H,19,22). The summed E-state index contributed by atoms with van der Waals surface area (Å²) in [6, 6.07) is 2.59. The maximum atomic E-state index is 12.9. The number of hydrogen-bond donors (Lipinski definition) is 1. The van der Waals surface area contributed by atoms with Crippen molar-refractivity contribution >= 4 is 27.0 Å². The van der Waals surface area contributed by atoms with Gasteiger partial charge >= 0.3 is 11.9 Å². The zero-order valence-electron chi connectivity index (χ0n) is 14.1. The molecule has 1 aromatic carbocycles. The van der Waals surface area contributed by atoms with E-state index in [2.05, 4.69) is 0 Å². The van der Waals surface area contributed by atoms with E-state index in [4.69, 9.17) is 4.42 Å². The fraction of sp³-hybridized carbons (Fsp3) is 0.467. The quantitative estimate of drug-likeness (QED) is 0.814. The number of carbonyl (C=O) groups excluding carboxylic acids is 1.